The number of aromatic nitrogens is 1. The Morgan fingerprint density at radius 3 is 2.68 bits per heavy atom. The summed E-state index contributed by atoms with van der Waals surface area (Å²) in [6.45, 7) is -0.503. The molecule has 2 rings (SSSR count). The molecule has 0 unspecified atom stereocenters. The topological polar surface area (TPSA) is 157 Å². The number of ether oxygens (including phenoxy) is 1. The molecule has 0 saturated carbocycles. The van der Waals surface area contributed by atoms with Crippen LogP contribution in [0.2, 0.25) is 0 Å². The first-order valence-corrected chi connectivity index (χ1v) is 6.94. The maximum absolute atomic E-state index is 10.3. The smallest absolute Gasteiger partial charge is 0.161 e. The molecule has 124 valence electrons. The molecule has 0 aliphatic carbocycles. The van der Waals surface area contributed by atoms with E-state index in [1.165, 1.54) is 4.57 Å². The minimum absolute atomic E-state index is 0.112. The van der Waals surface area contributed by atoms with Crippen LogP contribution in [-0.2, 0) is 4.74 Å². The Morgan fingerprint density at radius 2 is 2.14 bits per heavy atom. The third-order valence-corrected chi connectivity index (χ3v) is 3.80. The molecule has 9 heteroatoms. The van der Waals surface area contributed by atoms with Crippen LogP contribution in [0.3, 0.4) is 0 Å². The summed E-state index contributed by atoms with van der Waals surface area (Å²) in [5, 5.41) is 49.7. The quantitative estimate of drug-likeness (QED) is 0.254. The molecule has 0 aromatic carbocycles. The number of rotatable bonds is 4. The van der Waals surface area contributed by atoms with E-state index in [1.54, 1.807) is 19.3 Å². The maximum Gasteiger partial charge on any atom is 0.161 e. The average molecular weight is 314 g/mol. The Labute approximate surface area is 127 Å². The number of aliphatic hydroxyl groups is 4. The lowest BCUT2D eigenvalue weighted by atomic mass is 10.0. The van der Waals surface area contributed by atoms with E-state index in [0.29, 0.717) is 11.4 Å². The minimum Gasteiger partial charge on any atom is -0.394 e. The number of nitrogens with one attached hydrogen (secondary N) is 2. The number of nitrogens with zero attached hydrogens (tertiary/aromatic N) is 1. The average Bonchev–Trinajstić information content (AvgIpc) is 2.86. The van der Waals surface area contributed by atoms with Crippen LogP contribution in [0.4, 0.5) is 5.82 Å². The van der Waals surface area contributed by atoms with Crippen LogP contribution in [0, 0.1) is 5.41 Å². The van der Waals surface area contributed by atoms with Crippen LogP contribution in [0.1, 0.15) is 18.2 Å². The molecule has 0 spiro atoms. The van der Waals surface area contributed by atoms with E-state index in [9.17, 15) is 20.4 Å². The summed E-state index contributed by atoms with van der Waals surface area (Å²) in [5.74, 6) is 0.309. The van der Waals surface area contributed by atoms with Gasteiger partial charge in [0.05, 0.1) is 18.3 Å². The molecular weight excluding hydrogens is 292 g/mol. The fourth-order valence-corrected chi connectivity index (χ4v) is 2.64. The van der Waals surface area contributed by atoms with Crippen LogP contribution in [0.5, 0.6) is 0 Å². The van der Waals surface area contributed by atoms with E-state index < -0.39 is 37.3 Å². The molecule has 8 N–H and O–H groups in total. The molecule has 0 amide bonds. The van der Waals surface area contributed by atoms with Gasteiger partial charge in [0.15, 0.2) is 6.23 Å². The maximum atomic E-state index is 10.3. The Balaban J connectivity index is 2.39. The van der Waals surface area contributed by atoms with Crippen molar-refractivity contribution in [2.45, 2.75) is 37.1 Å². The molecule has 0 radical (unpaired) electrons. The monoisotopic (exact) mass is 314 g/mol. The number of anilines is 1. The van der Waals surface area contributed by atoms with Crippen LogP contribution >= 0.6 is 0 Å². The second kappa shape index (κ2) is 6.63. The van der Waals surface area contributed by atoms with Gasteiger partial charge in [-0.15, -0.1) is 0 Å². The molecule has 0 bridgehead atoms. The van der Waals surface area contributed by atoms with Crippen molar-refractivity contribution in [2.75, 3.05) is 19.0 Å². The highest BCUT2D eigenvalue weighted by Gasteiger charge is 2.39. The van der Waals surface area contributed by atoms with Gasteiger partial charge in [-0.25, -0.2) is 0 Å². The summed E-state index contributed by atoms with van der Waals surface area (Å²) in [7, 11) is 1.63. The predicted molar refractivity (Wildman–Crippen MR) is 78.6 cm³/mol. The van der Waals surface area contributed by atoms with E-state index in [4.69, 9.17) is 15.9 Å². The molecule has 1 aromatic rings. The molecule has 1 aliphatic heterocycles. The zero-order chi connectivity index (χ0) is 16.4. The lowest BCUT2D eigenvalue weighted by Gasteiger charge is -2.27. The number of amidine groups is 1. The zero-order valence-corrected chi connectivity index (χ0v) is 12.2. The molecule has 2 heterocycles. The zero-order valence-electron chi connectivity index (χ0n) is 12.2. The predicted octanol–water partition coefficient (Wildman–Crippen LogP) is -1.82. The number of hydrogen-bond acceptors (Lipinski definition) is 7. The number of nitrogen functional groups attached to an aromatic ring is 1. The molecule has 22 heavy (non-hydrogen) atoms. The fourth-order valence-electron chi connectivity index (χ4n) is 2.64. The normalized spacial score (nSPS) is 32.5. The number of nitrogens with two attached hydrogens (primary N) is 1. The van der Waals surface area contributed by atoms with Gasteiger partial charge in [-0.1, -0.05) is 0 Å². The van der Waals surface area contributed by atoms with Crippen molar-refractivity contribution in [3.8, 4) is 0 Å². The van der Waals surface area contributed by atoms with Gasteiger partial charge in [-0.2, -0.15) is 0 Å². The second-order valence-electron chi connectivity index (χ2n) is 5.26. The molecule has 5 atom stereocenters. The molecule has 1 aliphatic rings. The highest BCUT2D eigenvalue weighted by Crippen LogP contribution is 2.31. The first-order chi connectivity index (χ1) is 10.4. The highest BCUT2D eigenvalue weighted by molar-refractivity contribution is 5.99. The summed E-state index contributed by atoms with van der Waals surface area (Å²) >= 11 is 0. The van der Waals surface area contributed by atoms with E-state index in [2.05, 4.69) is 5.32 Å². The lowest BCUT2D eigenvalue weighted by molar-refractivity contribution is -0.146. The third kappa shape index (κ3) is 2.94. The van der Waals surface area contributed by atoms with E-state index >= 15 is 0 Å². The van der Waals surface area contributed by atoms with Gasteiger partial charge in [0, 0.05) is 19.7 Å². The summed E-state index contributed by atoms with van der Waals surface area (Å²) in [4.78, 5) is 0. The minimum atomic E-state index is -1.30. The van der Waals surface area contributed by atoms with Crippen LogP contribution in [0.25, 0.3) is 0 Å². The van der Waals surface area contributed by atoms with Crippen molar-refractivity contribution in [3.05, 3.63) is 17.8 Å². The second-order valence-corrected chi connectivity index (χ2v) is 5.26. The van der Waals surface area contributed by atoms with Crippen LogP contribution < -0.4 is 11.1 Å². The summed E-state index contributed by atoms with van der Waals surface area (Å²) in [5.41, 5.74) is 5.94. The van der Waals surface area contributed by atoms with Gasteiger partial charge < -0.3 is 40.8 Å². The van der Waals surface area contributed by atoms with E-state index in [1.807, 2.05) is 0 Å². The van der Waals surface area contributed by atoms with Crippen LogP contribution in [-0.4, -0.2) is 68.9 Å². The van der Waals surface area contributed by atoms with Crippen molar-refractivity contribution in [3.63, 3.8) is 0 Å². The number of hydrogen-bond donors (Lipinski definition) is 7. The SMILES string of the molecule is CNc1c(C(=N)N)ccn1[C@@H]1O[C@H](CO)[C@@H](O)[C@H](O)C[C@H]1O. The first-order valence-electron chi connectivity index (χ1n) is 6.94. The van der Waals surface area contributed by atoms with Gasteiger partial charge in [0.2, 0.25) is 0 Å². The van der Waals surface area contributed by atoms with E-state index in [0.717, 1.165) is 0 Å². The van der Waals surface area contributed by atoms with Gasteiger partial charge in [0.25, 0.3) is 0 Å². The van der Waals surface area contributed by atoms with Crippen molar-refractivity contribution >= 4 is 11.7 Å². The van der Waals surface area contributed by atoms with Crippen molar-refractivity contribution in [1.29, 1.82) is 5.41 Å². The molecule has 9 nitrogen and oxygen atoms in total. The Kier molecular flexibility index (Phi) is 5.04. The molecule has 1 fully saturated rings. The van der Waals surface area contributed by atoms with Gasteiger partial charge in [-0.05, 0) is 6.07 Å². The van der Waals surface area contributed by atoms with Gasteiger partial charge in [-0.3, -0.25) is 5.41 Å². The summed E-state index contributed by atoms with van der Waals surface area (Å²) < 4.78 is 7.10. The lowest BCUT2D eigenvalue weighted by Crippen LogP contribution is -2.39. The standard InChI is InChI=1S/C13H22N4O5/c1-16-12-6(11(14)15)2-3-17(12)13-8(20)4-7(19)10(21)9(5-18)22-13/h2-3,7-10,13,16,18-21H,4-5H2,1H3,(H3,14,15)/t7-,8-,9-,10+,13-/m1/s1. The largest absolute Gasteiger partial charge is 0.394 e. The Morgan fingerprint density at radius 1 is 1.45 bits per heavy atom. The Bertz CT molecular complexity index is 535. The molecule has 1 saturated heterocycles. The van der Waals surface area contributed by atoms with Gasteiger partial charge >= 0.3 is 0 Å². The summed E-state index contributed by atoms with van der Waals surface area (Å²) in [6.07, 6.45) is -4.14. The third-order valence-electron chi connectivity index (χ3n) is 3.80. The first kappa shape index (κ1) is 16.7. The highest BCUT2D eigenvalue weighted by atomic mass is 16.5. The van der Waals surface area contributed by atoms with Crippen LogP contribution in [0.15, 0.2) is 12.3 Å². The van der Waals surface area contributed by atoms with Crippen molar-refractivity contribution in [1.82, 2.24) is 4.57 Å². The summed E-state index contributed by atoms with van der Waals surface area (Å²) in [6, 6.07) is 1.59. The van der Waals surface area contributed by atoms with Gasteiger partial charge in [0.1, 0.15) is 30.0 Å². The van der Waals surface area contributed by atoms with Crippen molar-refractivity contribution < 1.29 is 25.2 Å². The number of aliphatic hydroxyl groups excluding tert-OH is 4. The van der Waals surface area contributed by atoms with Crippen molar-refractivity contribution in [2.24, 2.45) is 5.73 Å². The fraction of sp³-hybridized carbons (Fsp3) is 0.615. The van der Waals surface area contributed by atoms with E-state index in [-0.39, 0.29) is 12.3 Å². The molecule has 1 aromatic heterocycles. The Hall–Kier alpha value is -1.65. The molecular formula is C13H22N4O5.